The molecule has 0 aliphatic carbocycles. The van der Waals surface area contributed by atoms with Gasteiger partial charge in [0.05, 0.1) is 0 Å². The van der Waals surface area contributed by atoms with Gasteiger partial charge in [-0.15, -0.1) is 11.3 Å². The molecule has 116 valence electrons. The lowest BCUT2D eigenvalue weighted by atomic mass is 10.3. The summed E-state index contributed by atoms with van der Waals surface area (Å²) in [6, 6.07) is 4.00. The summed E-state index contributed by atoms with van der Waals surface area (Å²) in [5.41, 5.74) is 0. The zero-order valence-electron chi connectivity index (χ0n) is 12.7. The SMILES string of the molecule is C[C@@H](CN1CCCC1=O)NC(=O)N(C)CCc1cccs1. The van der Waals surface area contributed by atoms with E-state index in [2.05, 4.69) is 11.4 Å². The third kappa shape index (κ3) is 4.74. The fraction of sp³-hybridized carbons (Fsp3) is 0.600. The van der Waals surface area contributed by atoms with Crippen molar-refractivity contribution < 1.29 is 9.59 Å². The fourth-order valence-corrected chi connectivity index (χ4v) is 3.13. The molecule has 2 heterocycles. The van der Waals surface area contributed by atoms with Crippen LogP contribution in [0.2, 0.25) is 0 Å². The molecule has 1 aliphatic heterocycles. The maximum atomic E-state index is 12.1. The predicted octanol–water partition coefficient (Wildman–Crippen LogP) is 1.94. The van der Waals surface area contributed by atoms with Crippen LogP contribution in [0.25, 0.3) is 0 Å². The smallest absolute Gasteiger partial charge is 0.317 e. The van der Waals surface area contributed by atoms with Crippen molar-refractivity contribution in [1.82, 2.24) is 15.1 Å². The van der Waals surface area contributed by atoms with Gasteiger partial charge in [-0.2, -0.15) is 0 Å². The highest BCUT2D eigenvalue weighted by Crippen LogP contribution is 2.11. The molecule has 1 N–H and O–H groups in total. The topological polar surface area (TPSA) is 52.7 Å². The van der Waals surface area contributed by atoms with Crippen molar-refractivity contribution in [1.29, 1.82) is 0 Å². The van der Waals surface area contributed by atoms with Crippen LogP contribution in [0, 0.1) is 0 Å². The van der Waals surface area contributed by atoms with Gasteiger partial charge in [0.2, 0.25) is 5.91 Å². The zero-order valence-corrected chi connectivity index (χ0v) is 13.5. The predicted molar refractivity (Wildman–Crippen MR) is 84.5 cm³/mol. The monoisotopic (exact) mass is 309 g/mol. The van der Waals surface area contributed by atoms with E-state index >= 15 is 0 Å². The highest BCUT2D eigenvalue weighted by molar-refractivity contribution is 7.09. The van der Waals surface area contributed by atoms with Gasteiger partial charge in [-0.05, 0) is 31.2 Å². The number of nitrogens with zero attached hydrogens (tertiary/aromatic N) is 2. The standard InChI is InChI=1S/C15H23N3O2S/c1-12(11-18-8-3-6-14(18)19)16-15(20)17(2)9-7-13-5-4-10-21-13/h4-5,10,12H,3,6-9,11H2,1-2H3,(H,16,20)/t12-/m0/s1. The number of carbonyl (C=O) groups excluding carboxylic acids is 2. The van der Waals surface area contributed by atoms with E-state index in [1.54, 1.807) is 23.3 Å². The molecule has 1 aromatic heterocycles. The molecule has 2 rings (SSSR count). The Bertz CT molecular complexity index is 475. The van der Waals surface area contributed by atoms with Crippen LogP contribution in [-0.4, -0.2) is 54.5 Å². The normalized spacial score (nSPS) is 16.1. The second-order valence-corrected chi connectivity index (χ2v) is 6.58. The minimum absolute atomic E-state index is 0.0243. The quantitative estimate of drug-likeness (QED) is 0.873. The number of hydrogen-bond acceptors (Lipinski definition) is 3. The van der Waals surface area contributed by atoms with Gasteiger partial charge in [0, 0.05) is 44.0 Å². The molecular formula is C15H23N3O2S. The second-order valence-electron chi connectivity index (χ2n) is 5.54. The maximum Gasteiger partial charge on any atom is 0.317 e. The number of thiophene rings is 1. The van der Waals surface area contributed by atoms with E-state index in [4.69, 9.17) is 0 Å². The number of likely N-dealkylation sites (tertiary alicyclic amines) is 1. The van der Waals surface area contributed by atoms with Crippen molar-refractivity contribution in [2.75, 3.05) is 26.7 Å². The number of amides is 3. The van der Waals surface area contributed by atoms with E-state index in [1.165, 1.54) is 4.88 Å². The van der Waals surface area contributed by atoms with E-state index in [-0.39, 0.29) is 18.0 Å². The molecule has 0 spiro atoms. The van der Waals surface area contributed by atoms with Crippen molar-refractivity contribution in [2.24, 2.45) is 0 Å². The van der Waals surface area contributed by atoms with E-state index in [1.807, 2.05) is 23.3 Å². The van der Waals surface area contributed by atoms with Gasteiger partial charge in [-0.1, -0.05) is 6.07 Å². The average Bonchev–Trinajstić information content (AvgIpc) is 3.08. The summed E-state index contributed by atoms with van der Waals surface area (Å²) in [7, 11) is 1.80. The van der Waals surface area contributed by atoms with Gasteiger partial charge < -0.3 is 15.1 Å². The molecule has 3 amide bonds. The number of carbonyl (C=O) groups is 2. The van der Waals surface area contributed by atoms with Crippen LogP contribution in [0.15, 0.2) is 17.5 Å². The fourth-order valence-electron chi connectivity index (χ4n) is 2.43. The lowest BCUT2D eigenvalue weighted by Gasteiger charge is -2.24. The second kappa shape index (κ2) is 7.45. The summed E-state index contributed by atoms with van der Waals surface area (Å²) in [5, 5.41) is 5.00. The zero-order chi connectivity index (χ0) is 15.2. The number of rotatable bonds is 6. The van der Waals surface area contributed by atoms with Crippen molar-refractivity contribution >= 4 is 23.3 Å². The van der Waals surface area contributed by atoms with Crippen molar-refractivity contribution in [3.05, 3.63) is 22.4 Å². The first kappa shape index (κ1) is 15.8. The van der Waals surface area contributed by atoms with Gasteiger partial charge >= 0.3 is 6.03 Å². The highest BCUT2D eigenvalue weighted by Gasteiger charge is 2.22. The van der Waals surface area contributed by atoms with Gasteiger partial charge in [0.1, 0.15) is 0 Å². The summed E-state index contributed by atoms with van der Waals surface area (Å²) in [6.07, 6.45) is 2.45. The van der Waals surface area contributed by atoms with Crippen LogP contribution in [-0.2, 0) is 11.2 Å². The number of nitrogens with one attached hydrogen (secondary N) is 1. The molecule has 1 aromatic rings. The van der Waals surface area contributed by atoms with E-state index < -0.39 is 0 Å². The highest BCUT2D eigenvalue weighted by atomic mass is 32.1. The first-order valence-corrected chi connectivity index (χ1v) is 8.26. The Hall–Kier alpha value is -1.56. The Morgan fingerprint density at radius 2 is 2.38 bits per heavy atom. The van der Waals surface area contributed by atoms with Gasteiger partial charge in [0.15, 0.2) is 0 Å². The van der Waals surface area contributed by atoms with Crippen molar-refractivity contribution in [2.45, 2.75) is 32.2 Å². The molecule has 1 atom stereocenters. The molecule has 21 heavy (non-hydrogen) atoms. The Balaban J connectivity index is 1.70. The molecule has 0 unspecified atom stereocenters. The van der Waals surface area contributed by atoms with E-state index in [0.717, 1.165) is 19.4 Å². The lowest BCUT2D eigenvalue weighted by Crippen LogP contribution is -2.47. The van der Waals surface area contributed by atoms with Crippen molar-refractivity contribution in [3.8, 4) is 0 Å². The Labute approximate surface area is 129 Å². The summed E-state index contributed by atoms with van der Waals surface area (Å²) in [6.45, 7) is 4.05. The minimum atomic E-state index is -0.0781. The van der Waals surface area contributed by atoms with Gasteiger partial charge in [-0.25, -0.2) is 4.79 Å². The van der Waals surface area contributed by atoms with E-state index in [9.17, 15) is 9.59 Å². The summed E-state index contributed by atoms with van der Waals surface area (Å²) >= 11 is 1.71. The van der Waals surface area contributed by atoms with Crippen LogP contribution in [0.4, 0.5) is 4.79 Å². The largest absolute Gasteiger partial charge is 0.341 e. The Morgan fingerprint density at radius 3 is 3.00 bits per heavy atom. The van der Waals surface area contributed by atoms with Crippen LogP contribution in [0.3, 0.4) is 0 Å². The van der Waals surface area contributed by atoms with Crippen LogP contribution in [0.5, 0.6) is 0 Å². The molecule has 1 saturated heterocycles. The third-order valence-corrected chi connectivity index (χ3v) is 4.59. The summed E-state index contributed by atoms with van der Waals surface area (Å²) in [4.78, 5) is 28.5. The Kier molecular flexibility index (Phi) is 5.61. The first-order chi connectivity index (χ1) is 10.1. The minimum Gasteiger partial charge on any atom is -0.341 e. The van der Waals surface area contributed by atoms with Crippen LogP contribution >= 0.6 is 11.3 Å². The van der Waals surface area contributed by atoms with Crippen LogP contribution in [0.1, 0.15) is 24.6 Å². The molecular weight excluding hydrogens is 286 g/mol. The molecule has 1 aliphatic rings. The third-order valence-electron chi connectivity index (χ3n) is 3.66. The van der Waals surface area contributed by atoms with Gasteiger partial charge in [0.25, 0.3) is 0 Å². The lowest BCUT2D eigenvalue weighted by molar-refractivity contribution is -0.127. The van der Waals surface area contributed by atoms with E-state index in [0.29, 0.717) is 19.5 Å². The summed E-state index contributed by atoms with van der Waals surface area (Å²) < 4.78 is 0. The Morgan fingerprint density at radius 1 is 1.57 bits per heavy atom. The molecule has 0 saturated carbocycles. The van der Waals surface area contributed by atoms with Gasteiger partial charge in [-0.3, -0.25) is 4.79 Å². The molecule has 0 radical (unpaired) electrons. The van der Waals surface area contributed by atoms with Crippen LogP contribution < -0.4 is 5.32 Å². The number of hydrogen-bond donors (Lipinski definition) is 1. The summed E-state index contributed by atoms with van der Waals surface area (Å²) in [5.74, 6) is 0.196. The molecule has 0 aromatic carbocycles. The molecule has 5 nitrogen and oxygen atoms in total. The molecule has 6 heteroatoms. The average molecular weight is 309 g/mol. The van der Waals surface area contributed by atoms with Crippen molar-refractivity contribution in [3.63, 3.8) is 0 Å². The number of urea groups is 1. The molecule has 0 bridgehead atoms. The maximum absolute atomic E-state index is 12.1. The first-order valence-electron chi connectivity index (χ1n) is 7.38. The molecule has 1 fully saturated rings. The number of likely N-dealkylation sites (N-methyl/N-ethyl adjacent to an activating group) is 1.